The first-order valence-corrected chi connectivity index (χ1v) is 11.7. The zero-order valence-electron chi connectivity index (χ0n) is 19.5. The smallest absolute Gasteiger partial charge is 0.273 e. The van der Waals surface area contributed by atoms with Crippen molar-refractivity contribution in [2.24, 2.45) is 4.99 Å². The van der Waals surface area contributed by atoms with Gasteiger partial charge in [-0.15, -0.1) is 0 Å². The fourth-order valence-electron chi connectivity index (χ4n) is 4.13. The summed E-state index contributed by atoms with van der Waals surface area (Å²) in [6.45, 7) is 4.08. The van der Waals surface area contributed by atoms with E-state index in [0.29, 0.717) is 33.4 Å². The van der Waals surface area contributed by atoms with Crippen molar-refractivity contribution in [3.05, 3.63) is 94.3 Å². The third kappa shape index (κ3) is 4.19. The van der Waals surface area contributed by atoms with Gasteiger partial charge in [0.1, 0.15) is 11.5 Å². The van der Waals surface area contributed by atoms with Crippen molar-refractivity contribution in [2.75, 3.05) is 11.9 Å². The van der Waals surface area contributed by atoms with Gasteiger partial charge in [-0.25, -0.2) is 9.98 Å². The van der Waals surface area contributed by atoms with Gasteiger partial charge < -0.3 is 10.3 Å². The molecule has 8 heteroatoms. The number of fused-ring (bicyclic) bond motifs is 2. The molecule has 7 nitrogen and oxygen atoms in total. The maximum atomic E-state index is 13.5. The van der Waals surface area contributed by atoms with Crippen molar-refractivity contribution in [1.82, 2.24) is 15.3 Å². The van der Waals surface area contributed by atoms with Gasteiger partial charge in [-0.3, -0.25) is 14.5 Å². The van der Waals surface area contributed by atoms with Gasteiger partial charge >= 0.3 is 0 Å². The molecule has 2 aromatic heterocycles. The average Bonchev–Trinajstić information content (AvgIpc) is 3.27. The predicted octanol–water partition coefficient (Wildman–Crippen LogP) is 4.91. The summed E-state index contributed by atoms with van der Waals surface area (Å²) >= 11 is 6.53. The van der Waals surface area contributed by atoms with Crippen LogP contribution < -0.4 is 10.2 Å². The molecule has 0 spiro atoms. The quantitative estimate of drug-likeness (QED) is 0.430. The lowest BCUT2D eigenvalue weighted by Gasteiger charge is -2.21. The van der Waals surface area contributed by atoms with Crippen LogP contribution in [0.2, 0.25) is 5.02 Å². The van der Waals surface area contributed by atoms with Crippen molar-refractivity contribution < 1.29 is 9.59 Å². The molecule has 2 amide bonds. The number of benzene rings is 2. The Morgan fingerprint density at radius 1 is 1.06 bits per heavy atom. The number of aliphatic imine (C=N–C) groups is 1. The van der Waals surface area contributed by atoms with Crippen LogP contribution in [0.25, 0.3) is 10.9 Å². The third-order valence-electron chi connectivity index (χ3n) is 6.06. The van der Waals surface area contributed by atoms with E-state index < -0.39 is 18.0 Å². The highest BCUT2D eigenvalue weighted by Gasteiger charge is 2.33. The Hall–Kier alpha value is -3.97. The van der Waals surface area contributed by atoms with Crippen LogP contribution in [0.5, 0.6) is 0 Å². The fraction of sp³-hybridized carbons (Fsp3) is 0.185. The van der Waals surface area contributed by atoms with E-state index in [1.165, 1.54) is 4.90 Å². The van der Waals surface area contributed by atoms with Gasteiger partial charge in [0.05, 0.1) is 5.71 Å². The van der Waals surface area contributed by atoms with Crippen LogP contribution in [-0.2, 0) is 4.79 Å². The van der Waals surface area contributed by atoms with E-state index in [2.05, 4.69) is 10.3 Å². The predicted molar refractivity (Wildman–Crippen MR) is 138 cm³/mol. The summed E-state index contributed by atoms with van der Waals surface area (Å²) < 4.78 is 0. The molecular weight excluding hydrogens is 462 g/mol. The number of aromatic amines is 1. The lowest BCUT2D eigenvalue weighted by atomic mass is 10.0. The number of likely N-dealkylation sites (N-methyl/N-ethyl adjacent to an activating group) is 1. The summed E-state index contributed by atoms with van der Waals surface area (Å²) in [5, 5.41) is 4.18. The van der Waals surface area contributed by atoms with E-state index in [9.17, 15) is 9.59 Å². The molecule has 1 unspecified atom stereocenters. The second-order valence-electron chi connectivity index (χ2n) is 8.76. The molecule has 2 N–H and O–H groups in total. The highest BCUT2D eigenvalue weighted by atomic mass is 35.5. The number of amides is 2. The molecule has 0 saturated carbocycles. The van der Waals surface area contributed by atoms with Gasteiger partial charge in [0.15, 0.2) is 0 Å². The Bertz CT molecular complexity index is 1460. The van der Waals surface area contributed by atoms with Crippen molar-refractivity contribution >= 4 is 45.8 Å². The highest BCUT2D eigenvalue weighted by Crippen LogP contribution is 2.30. The largest absolute Gasteiger partial charge is 0.351 e. The Balaban J connectivity index is 1.60. The topological polar surface area (TPSA) is 90.5 Å². The van der Waals surface area contributed by atoms with Gasteiger partial charge in [-0.05, 0) is 36.2 Å². The second kappa shape index (κ2) is 9.00. The maximum absolute atomic E-state index is 13.5. The number of rotatable bonds is 4. The van der Waals surface area contributed by atoms with E-state index in [0.717, 1.165) is 16.6 Å². The van der Waals surface area contributed by atoms with Gasteiger partial charge in [0.2, 0.25) is 6.17 Å². The van der Waals surface area contributed by atoms with Crippen molar-refractivity contribution in [3.63, 3.8) is 0 Å². The lowest BCUT2D eigenvalue weighted by molar-refractivity contribution is -0.119. The summed E-state index contributed by atoms with van der Waals surface area (Å²) in [6, 6.07) is 20.5. The number of nitrogens with zero attached hydrogens (tertiary/aromatic N) is 3. The average molecular weight is 486 g/mol. The zero-order chi connectivity index (χ0) is 24.7. The molecule has 1 aliphatic heterocycles. The molecule has 0 saturated heterocycles. The van der Waals surface area contributed by atoms with Crippen LogP contribution in [-0.4, -0.2) is 40.7 Å². The number of nitrogens with one attached hydrogen (secondary N) is 2. The van der Waals surface area contributed by atoms with Gasteiger partial charge in [0, 0.05) is 39.8 Å². The van der Waals surface area contributed by atoms with Crippen LogP contribution in [0, 0.1) is 0 Å². The number of H-pyrrole nitrogens is 1. The minimum atomic E-state index is -1.16. The number of halogens is 1. The number of carbonyl (C=O) groups is 2. The van der Waals surface area contributed by atoms with Crippen molar-refractivity contribution in [1.29, 1.82) is 0 Å². The monoisotopic (exact) mass is 485 g/mol. The molecule has 3 heterocycles. The van der Waals surface area contributed by atoms with E-state index in [-0.39, 0.29) is 5.92 Å². The number of anilines is 1. The second-order valence-corrected chi connectivity index (χ2v) is 9.17. The van der Waals surface area contributed by atoms with E-state index in [1.807, 2.05) is 68.4 Å². The number of pyridine rings is 1. The Morgan fingerprint density at radius 3 is 2.54 bits per heavy atom. The summed E-state index contributed by atoms with van der Waals surface area (Å²) in [6.07, 6.45) is -1.16. The summed E-state index contributed by atoms with van der Waals surface area (Å²) in [5.74, 6) is -0.185. The first-order valence-electron chi connectivity index (χ1n) is 11.3. The van der Waals surface area contributed by atoms with Crippen LogP contribution in [0.4, 0.5) is 5.82 Å². The fourth-order valence-corrected chi connectivity index (χ4v) is 4.35. The standard InChI is InChI=1S/C27H24ClN5O2/c1-15(2)20-13-12-18-23(17-9-5-6-10-19(17)28)31-24(27(35)33(3)25(18)30-20)32-26(34)22-14-16-8-4-7-11-21(16)29-22/h4-15,24,29H,1-3H3,(H,32,34). The summed E-state index contributed by atoms with van der Waals surface area (Å²) in [7, 11) is 1.64. The summed E-state index contributed by atoms with van der Waals surface area (Å²) in [4.78, 5) is 40.7. The lowest BCUT2D eigenvalue weighted by Crippen LogP contribution is -2.46. The van der Waals surface area contributed by atoms with Crippen LogP contribution in [0.3, 0.4) is 0 Å². The Kier molecular flexibility index (Phi) is 5.86. The molecule has 0 bridgehead atoms. The molecule has 4 aromatic rings. The van der Waals surface area contributed by atoms with Crippen LogP contribution in [0.1, 0.15) is 47.1 Å². The Morgan fingerprint density at radius 2 is 1.80 bits per heavy atom. The third-order valence-corrected chi connectivity index (χ3v) is 6.38. The number of hydrogen-bond acceptors (Lipinski definition) is 4. The molecule has 0 radical (unpaired) electrons. The van der Waals surface area contributed by atoms with Gasteiger partial charge in [-0.1, -0.05) is 61.8 Å². The number of aromatic nitrogens is 2. The number of hydrogen-bond donors (Lipinski definition) is 2. The molecule has 0 aliphatic carbocycles. The summed E-state index contributed by atoms with van der Waals surface area (Å²) in [5.41, 5.74) is 3.84. The van der Waals surface area contributed by atoms with Crippen molar-refractivity contribution in [2.45, 2.75) is 25.9 Å². The van der Waals surface area contributed by atoms with Crippen molar-refractivity contribution in [3.8, 4) is 0 Å². The van der Waals surface area contributed by atoms with E-state index in [4.69, 9.17) is 21.6 Å². The minimum Gasteiger partial charge on any atom is -0.351 e. The normalized spacial score (nSPS) is 15.7. The SMILES string of the molecule is CC(C)c1ccc2c(n1)N(C)C(=O)C(NC(=O)c1cc3ccccc3[nH]1)N=C2c1ccccc1Cl. The molecule has 2 aromatic carbocycles. The Labute approximate surface area is 207 Å². The molecule has 35 heavy (non-hydrogen) atoms. The first-order chi connectivity index (χ1) is 16.8. The molecule has 176 valence electrons. The number of carbonyl (C=O) groups excluding carboxylic acids is 2. The molecule has 1 aliphatic rings. The molecular formula is C27H24ClN5O2. The van der Waals surface area contributed by atoms with Gasteiger partial charge in [0.25, 0.3) is 11.8 Å². The van der Waals surface area contributed by atoms with E-state index in [1.54, 1.807) is 19.2 Å². The maximum Gasteiger partial charge on any atom is 0.273 e. The van der Waals surface area contributed by atoms with Gasteiger partial charge in [-0.2, -0.15) is 0 Å². The highest BCUT2D eigenvalue weighted by molar-refractivity contribution is 6.36. The van der Waals surface area contributed by atoms with Crippen LogP contribution in [0.15, 0.2) is 71.7 Å². The van der Waals surface area contributed by atoms with Crippen LogP contribution >= 0.6 is 11.6 Å². The molecule has 1 atom stereocenters. The molecule has 0 fully saturated rings. The first kappa shape index (κ1) is 22.8. The molecule has 5 rings (SSSR count). The van der Waals surface area contributed by atoms with E-state index >= 15 is 0 Å². The minimum absolute atomic E-state index is 0.172. The zero-order valence-corrected chi connectivity index (χ0v) is 20.3. The number of para-hydroxylation sites is 1.